The molecule has 3 amide bonds. The number of alkyl halides is 2. The number of carbonyl (C=O) groups is 6. The van der Waals surface area contributed by atoms with Gasteiger partial charge in [0, 0.05) is 19.3 Å². The summed E-state index contributed by atoms with van der Waals surface area (Å²) in [6, 6.07) is 11.6. The third-order valence-electron chi connectivity index (χ3n) is 5.64. The third kappa shape index (κ3) is 11.8. The molecule has 0 aliphatic rings. The Hall–Kier alpha value is -4.88. The zero-order chi connectivity index (χ0) is 30.4. The molecule has 0 aliphatic heterocycles. The maximum Gasteiger partial charge on any atom is 0.408 e. The Morgan fingerprint density at radius 1 is 0.732 bits per heavy atom. The Balaban J connectivity index is 2.22. The predicted molar refractivity (Wildman–Crippen MR) is 138 cm³/mol. The molecule has 3 atom stereocenters. The minimum atomic E-state index is -3.13. The van der Waals surface area contributed by atoms with Crippen LogP contribution in [0.25, 0.3) is 0 Å². The van der Waals surface area contributed by atoms with Gasteiger partial charge in [-0.1, -0.05) is 60.7 Å². The number of ketones is 1. The molecule has 2 aromatic carbocycles. The molecule has 41 heavy (non-hydrogen) atoms. The molecule has 0 saturated carbocycles. The van der Waals surface area contributed by atoms with Crippen LogP contribution in [0.1, 0.15) is 30.4 Å². The summed E-state index contributed by atoms with van der Waals surface area (Å²) in [7, 11) is 0. The van der Waals surface area contributed by atoms with Crippen LogP contribution in [-0.2, 0) is 41.7 Å². The van der Waals surface area contributed by atoms with Gasteiger partial charge in [0.25, 0.3) is 5.78 Å². The Labute approximate surface area is 233 Å². The maximum absolute atomic E-state index is 13.1. The van der Waals surface area contributed by atoms with Crippen molar-refractivity contribution in [2.75, 3.05) is 0 Å². The Kier molecular flexibility index (Phi) is 12.8. The summed E-state index contributed by atoms with van der Waals surface area (Å²) < 4.78 is 31.1. The monoisotopic (exact) mass is 577 g/mol. The number of Topliss-reactive ketones (excluding diaryl/α,β-unsaturated/α-hetero) is 1. The highest BCUT2D eigenvalue weighted by Gasteiger charge is 2.33. The molecule has 5 N–H and O–H groups in total. The van der Waals surface area contributed by atoms with E-state index in [2.05, 4.69) is 10.6 Å². The average molecular weight is 578 g/mol. The first-order valence-electron chi connectivity index (χ1n) is 12.3. The molecule has 0 radical (unpaired) electrons. The van der Waals surface area contributed by atoms with Gasteiger partial charge in [0.1, 0.15) is 24.7 Å². The molecule has 220 valence electrons. The number of halogens is 2. The second kappa shape index (κ2) is 16.3. The quantitative estimate of drug-likeness (QED) is 0.185. The predicted octanol–water partition coefficient (Wildman–Crippen LogP) is 1.67. The molecule has 0 fully saturated rings. The summed E-state index contributed by atoms with van der Waals surface area (Å²) in [4.78, 5) is 72.7. The fourth-order valence-corrected chi connectivity index (χ4v) is 3.61. The van der Waals surface area contributed by atoms with Crippen molar-refractivity contribution in [3.63, 3.8) is 0 Å². The lowest BCUT2D eigenvalue weighted by Gasteiger charge is -2.24. The highest BCUT2D eigenvalue weighted by molar-refractivity contribution is 6.35. The van der Waals surface area contributed by atoms with Gasteiger partial charge in [-0.25, -0.2) is 18.4 Å². The first-order valence-corrected chi connectivity index (χ1v) is 12.3. The molecule has 1 unspecified atom stereocenters. The van der Waals surface area contributed by atoms with Crippen LogP contribution in [0, 0.1) is 0 Å². The number of hydrogen-bond donors (Lipinski definition) is 5. The molecule has 0 heterocycles. The zero-order valence-corrected chi connectivity index (χ0v) is 21.6. The number of aliphatic carboxylic acids is 2. The van der Waals surface area contributed by atoms with Gasteiger partial charge in [0.2, 0.25) is 18.2 Å². The number of benzene rings is 2. The molecule has 0 spiro atoms. The largest absolute Gasteiger partial charge is 0.481 e. The smallest absolute Gasteiger partial charge is 0.408 e. The van der Waals surface area contributed by atoms with E-state index in [0.29, 0.717) is 11.1 Å². The Morgan fingerprint density at radius 3 is 1.80 bits per heavy atom. The van der Waals surface area contributed by atoms with E-state index in [4.69, 9.17) is 14.9 Å². The van der Waals surface area contributed by atoms with Crippen LogP contribution < -0.4 is 16.0 Å². The van der Waals surface area contributed by atoms with Crippen LogP contribution in [-0.4, -0.2) is 70.4 Å². The van der Waals surface area contributed by atoms with E-state index in [1.807, 2.05) is 5.32 Å². The van der Waals surface area contributed by atoms with Gasteiger partial charge in [-0.15, -0.1) is 0 Å². The highest BCUT2D eigenvalue weighted by Crippen LogP contribution is 2.10. The summed E-state index contributed by atoms with van der Waals surface area (Å²) in [5.41, 5.74) is 1.14. The number of alkyl carbamates (subject to hydrolysis) is 1. The van der Waals surface area contributed by atoms with Crippen molar-refractivity contribution in [2.45, 2.75) is 56.8 Å². The third-order valence-corrected chi connectivity index (χ3v) is 5.64. The van der Waals surface area contributed by atoms with Crippen molar-refractivity contribution in [1.29, 1.82) is 0 Å². The van der Waals surface area contributed by atoms with Gasteiger partial charge in [-0.3, -0.25) is 19.2 Å². The van der Waals surface area contributed by atoms with E-state index in [1.54, 1.807) is 60.7 Å². The second-order valence-corrected chi connectivity index (χ2v) is 8.80. The van der Waals surface area contributed by atoms with E-state index in [-0.39, 0.29) is 13.0 Å². The second-order valence-electron chi connectivity index (χ2n) is 8.80. The summed E-state index contributed by atoms with van der Waals surface area (Å²) >= 11 is 0. The molecule has 0 aliphatic carbocycles. The fourth-order valence-electron chi connectivity index (χ4n) is 3.61. The standard InChI is InChI=1S/C27H29F2N3O9/c28-21(29)14-19(23(35)26(38)39)30-25(37)20(13-16-7-3-1-4-8-16)31-24(36)18(11-12-22(33)34)32-27(40)41-15-17-9-5-2-6-10-17/h1-10,18-21H,11-15H2,(H,30,37)(H,31,36)(H,32,40)(H,33,34)(H,38,39)/t18-,19-,20?/m0/s1. The van der Waals surface area contributed by atoms with Crippen molar-refractivity contribution in [3.05, 3.63) is 71.8 Å². The van der Waals surface area contributed by atoms with E-state index < -0.39 is 79.4 Å². The number of hydrogen-bond acceptors (Lipinski definition) is 7. The molecule has 2 aromatic rings. The van der Waals surface area contributed by atoms with Crippen LogP contribution in [0.5, 0.6) is 0 Å². The summed E-state index contributed by atoms with van der Waals surface area (Å²) in [6.45, 7) is -0.151. The molecule has 0 saturated heterocycles. The van der Waals surface area contributed by atoms with Crippen molar-refractivity contribution in [2.24, 2.45) is 0 Å². The molecular weight excluding hydrogens is 548 g/mol. The van der Waals surface area contributed by atoms with Gasteiger partial charge in [-0.2, -0.15) is 0 Å². The normalized spacial score (nSPS) is 12.9. The molecule has 14 heteroatoms. The lowest BCUT2D eigenvalue weighted by Crippen LogP contribution is -2.57. The zero-order valence-electron chi connectivity index (χ0n) is 21.6. The summed E-state index contributed by atoms with van der Waals surface area (Å²) in [5.74, 6) is -7.14. The lowest BCUT2D eigenvalue weighted by atomic mass is 10.0. The van der Waals surface area contributed by atoms with Crippen molar-refractivity contribution < 1.29 is 52.5 Å². The van der Waals surface area contributed by atoms with Crippen LogP contribution >= 0.6 is 0 Å². The van der Waals surface area contributed by atoms with E-state index >= 15 is 0 Å². The molecular formula is C27H29F2N3O9. The van der Waals surface area contributed by atoms with Crippen molar-refractivity contribution in [1.82, 2.24) is 16.0 Å². The molecule has 0 aromatic heterocycles. The highest BCUT2D eigenvalue weighted by atomic mass is 19.3. The van der Waals surface area contributed by atoms with Gasteiger partial charge in [-0.05, 0) is 17.5 Å². The van der Waals surface area contributed by atoms with E-state index in [0.717, 1.165) is 0 Å². The molecule has 2 rings (SSSR count). The Morgan fingerprint density at radius 2 is 1.27 bits per heavy atom. The first kappa shape index (κ1) is 32.3. The van der Waals surface area contributed by atoms with Crippen LogP contribution in [0.3, 0.4) is 0 Å². The van der Waals surface area contributed by atoms with Crippen LogP contribution in [0.2, 0.25) is 0 Å². The van der Waals surface area contributed by atoms with Gasteiger partial charge in [0.05, 0.1) is 0 Å². The first-order chi connectivity index (χ1) is 19.5. The Bertz CT molecular complexity index is 1210. The topological polar surface area (TPSA) is 188 Å². The lowest BCUT2D eigenvalue weighted by molar-refractivity contribution is -0.151. The van der Waals surface area contributed by atoms with E-state index in [9.17, 15) is 37.5 Å². The minimum Gasteiger partial charge on any atom is -0.481 e. The molecule has 12 nitrogen and oxygen atoms in total. The number of ether oxygens (including phenoxy) is 1. The maximum atomic E-state index is 13.1. The van der Waals surface area contributed by atoms with E-state index in [1.165, 1.54) is 0 Å². The summed E-state index contributed by atoms with van der Waals surface area (Å²) in [6.07, 6.45) is -6.61. The van der Waals surface area contributed by atoms with Gasteiger partial charge < -0.3 is 30.9 Å². The number of carbonyl (C=O) groups excluding carboxylic acids is 4. The van der Waals surface area contributed by atoms with Crippen LogP contribution in [0.15, 0.2) is 60.7 Å². The number of amides is 3. The van der Waals surface area contributed by atoms with Gasteiger partial charge in [0.15, 0.2) is 0 Å². The SMILES string of the molecule is O=C(O)CC[C@H](NC(=O)OCc1ccccc1)C(=O)NC(Cc1ccccc1)C(=O)N[C@@H](CC(F)F)C(=O)C(=O)O. The van der Waals surface area contributed by atoms with Crippen LogP contribution in [0.4, 0.5) is 13.6 Å². The molecule has 0 bridgehead atoms. The van der Waals surface area contributed by atoms with Crippen molar-refractivity contribution in [3.8, 4) is 0 Å². The number of rotatable bonds is 16. The van der Waals surface area contributed by atoms with Crippen molar-refractivity contribution >= 4 is 35.6 Å². The number of carboxylic acid groups (broad SMARTS) is 2. The van der Waals surface area contributed by atoms with Gasteiger partial charge >= 0.3 is 18.0 Å². The number of carboxylic acids is 2. The fraction of sp³-hybridized carbons (Fsp3) is 0.333. The summed E-state index contributed by atoms with van der Waals surface area (Å²) in [5, 5.41) is 24.6. The number of nitrogens with one attached hydrogen (secondary N) is 3. The average Bonchev–Trinajstić information content (AvgIpc) is 2.93. The minimum absolute atomic E-state index is 0.151.